The van der Waals surface area contributed by atoms with Crippen molar-refractivity contribution in [1.29, 1.82) is 0 Å². The van der Waals surface area contributed by atoms with Gasteiger partial charge >= 0.3 is 0 Å². The van der Waals surface area contributed by atoms with Crippen molar-refractivity contribution < 1.29 is 9.59 Å². The largest absolute Gasteiger partial charge is 0.304 e. The van der Waals surface area contributed by atoms with Crippen molar-refractivity contribution in [2.45, 2.75) is 39.8 Å². The number of carbonyl (C=O) groups excluding carboxylic acids is 2. The molecule has 0 heterocycles. The molecule has 18 heavy (non-hydrogen) atoms. The van der Waals surface area contributed by atoms with Crippen LogP contribution in [0.4, 0.5) is 0 Å². The lowest BCUT2D eigenvalue weighted by molar-refractivity contribution is -0.120. The van der Waals surface area contributed by atoms with E-state index in [1.165, 1.54) is 11.8 Å². The summed E-state index contributed by atoms with van der Waals surface area (Å²) in [5, 5.41) is 9.38. The first-order valence-electron chi connectivity index (χ1n) is 5.89. The molecule has 1 unspecified atom stereocenters. The number of thioether (sulfide) groups is 1. The second-order valence-corrected chi connectivity index (χ2v) is 5.59. The molecule has 0 saturated heterocycles. The predicted octanol–water partition coefficient (Wildman–Crippen LogP) is 1.16. The molecule has 0 aliphatic carbocycles. The Morgan fingerprint density at radius 1 is 1.28 bits per heavy atom. The lowest BCUT2D eigenvalue weighted by Crippen LogP contribution is -2.42. The number of nitrogens with one attached hydrogen (secondary N) is 1. The van der Waals surface area contributed by atoms with Crippen LogP contribution in [-0.2, 0) is 9.59 Å². The van der Waals surface area contributed by atoms with Gasteiger partial charge in [-0.2, -0.15) is 11.8 Å². The fourth-order valence-electron chi connectivity index (χ4n) is 1.16. The summed E-state index contributed by atoms with van der Waals surface area (Å²) < 4.78 is 0. The molecule has 7 heteroatoms. The van der Waals surface area contributed by atoms with Crippen LogP contribution in [0.5, 0.6) is 0 Å². The number of nitrogens with two attached hydrogens (primary N) is 1. The number of Topliss-reactive ketones (excluding diaryl/α,β-unsaturated/α-hetero) is 1. The first-order chi connectivity index (χ1) is 8.38. The van der Waals surface area contributed by atoms with Crippen molar-refractivity contribution >= 4 is 23.5 Å². The van der Waals surface area contributed by atoms with Gasteiger partial charge in [-0.25, -0.2) is 0 Å². The average Bonchev–Trinajstić information content (AvgIpc) is 2.27. The molecule has 0 aromatic heterocycles. The van der Waals surface area contributed by atoms with E-state index in [1.54, 1.807) is 0 Å². The molecule has 0 aliphatic rings. The molecule has 3 N–H and O–H groups in total. The molecule has 0 radical (unpaired) electrons. The highest BCUT2D eigenvalue weighted by Gasteiger charge is 2.19. The van der Waals surface area contributed by atoms with E-state index in [9.17, 15) is 9.59 Å². The van der Waals surface area contributed by atoms with Crippen molar-refractivity contribution in [3.63, 3.8) is 0 Å². The maximum Gasteiger partial charge on any atom is 0.284 e. The molecule has 0 saturated carbocycles. The molecule has 1 atom stereocenters. The summed E-state index contributed by atoms with van der Waals surface area (Å²) in [6.07, 6.45) is 0. The molecule has 104 valence electrons. The van der Waals surface area contributed by atoms with Gasteiger partial charge in [-0.1, -0.05) is 38.0 Å². The number of hydrogen-bond acceptors (Lipinski definition) is 5. The summed E-state index contributed by atoms with van der Waals surface area (Å²) in [6, 6.07) is -0.310. The fraction of sp³-hybridized carbons (Fsp3) is 0.818. The summed E-state index contributed by atoms with van der Waals surface area (Å²) >= 11 is 1.42. The Hall–Kier alpha value is -0.950. The molecular weight excluding hydrogens is 252 g/mol. The topological polar surface area (TPSA) is 96.9 Å². The van der Waals surface area contributed by atoms with E-state index in [2.05, 4.69) is 15.7 Å². The number of hydrogen-bond donors (Lipinski definition) is 2. The van der Waals surface area contributed by atoms with E-state index in [0.717, 1.165) is 0 Å². The van der Waals surface area contributed by atoms with Crippen LogP contribution in [-0.4, -0.2) is 35.3 Å². The molecule has 6 nitrogen and oxygen atoms in total. The zero-order valence-corrected chi connectivity index (χ0v) is 12.2. The summed E-state index contributed by atoms with van der Waals surface area (Å²) in [7, 11) is 0. The molecule has 0 spiro atoms. The normalized spacial score (nSPS) is 13.4. The minimum atomic E-state index is -0.456. The Bertz CT molecular complexity index is 305. The van der Waals surface area contributed by atoms with Crippen LogP contribution in [0.15, 0.2) is 10.3 Å². The third-order valence-corrected chi connectivity index (χ3v) is 3.22. The molecule has 0 aromatic rings. The summed E-state index contributed by atoms with van der Waals surface area (Å²) in [5.74, 6) is 5.54. The van der Waals surface area contributed by atoms with Crippen molar-refractivity contribution in [3.05, 3.63) is 0 Å². The van der Waals surface area contributed by atoms with Gasteiger partial charge in [-0.3, -0.25) is 9.59 Å². The van der Waals surface area contributed by atoms with Gasteiger partial charge in [-0.05, 0) is 0 Å². The number of amides is 1. The first kappa shape index (κ1) is 17.1. The van der Waals surface area contributed by atoms with E-state index in [4.69, 9.17) is 5.84 Å². The van der Waals surface area contributed by atoms with Crippen molar-refractivity contribution in [3.8, 4) is 0 Å². The Morgan fingerprint density at radius 3 is 2.33 bits per heavy atom. The Kier molecular flexibility index (Phi) is 8.57. The molecule has 0 fully saturated rings. The Morgan fingerprint density at radius 2 is 1.89 bits per heavy atom. The molecule has 1 amide bonds. The van der Waals surface area contributed by atoms with Gasteiger partial charge < -0.3 is 11.2 Å². The zero-order chi connectivity index (χ0) is 14.1. The lowest BCUT2D eigenvalue weighted by Gasteiger charge is -2.17. The maximum atomic E-state index is 11.6. The second-order valence-electron chi connectivity index (χ2n) is 4.56. The van der Waals surface area contributed by atoms with Crippen LogP contribution in [0.2, 0.25) is 0 Å². The highest BCUT2D eigenvalue weighted by molar-refractivity contribution is 8.00. The van der Waals surface area contributed by atoms with Gasteiger partial charge in [-0.15, -0.1) is 0 Å². The number of ketones is 1. The van der Waals surface area contributed by atoms with E-state index in [0.29, 0.717) is 11.5 Å². The van der Waals surface area contributed by atoms with Crippen LogP contribution in [0.1, 0.15) is 27.7 Å². The van der Waals surface area contributed by atoms with Gasteiger partial charge in [0.05, 0.1) is 5.75 Å². The van der Waals surface area contributed by atoms with Crippen LogP contribution in [0.3, 0.4) is 0 Å². The molecular formula is C11H22N4O2S. The standard InChI is InChI=1S/C11H22N4O2S/c1-7(2)10(16)6-18-5-9(13-8(3)4)11(17)14-15-12/h7-9,13H,5-6H2,1-4H3,(H2,12,14,17). The van der Waals surface area contributed by atoms with Gasteiger partial charge in [0.25, 0.3) is 5.91 Å². The minimum Gasteiger partial charge on any atom is -0.304 e. The fourth-order valence-corrected chi connectivity index (χ4v) is 2.29. The van der Waals surface area contributed by atoms with E-state index in [-0.39, 0.29) is 17.7 Å². The summed E-state index contributed by atoms with van der Waals surface area (Å²) in [6.45, 7) is 7.59. The van der Waals surface area contributed by atoms with Gasteiger partial charge in [0, 0.05) is 17.7 Å². The third-order valence-electron chi connectivity index (χ3n) is 2.16. The number of carbonyl (C=O) groups is 2. The molecule has 0 aromatic carbocycles. The average molecular weight is 274 g/mol. The van der Waals surface area contributed by atoms with Gasteiger partial charge in [0.2, 0.25) is 0 Å². The van der Waals surface area contributed by atoms with E-state index < -0.39 is 11.9 Å². The lowest BCUT2D eigenvalue weighted by atomic mass is 10.1. The third kappa shape index (κ3) is 7.39. The quantitative estimate of drug-likeness (QED) is 0.393. The SMILES string of the molecule is CC(C)NC(CSCC(=O)C(C)C)C(=O)N=NN. The zero-order valence-electron chi connectivity index (χ0n) is 11.3. The van der Waals surface area contributed by atoms with Crippen molar-refractivity contribution in [2.24, 2.45) is 22.1 Å². The molecule has 0 aliphatic heterocycles. The predicted molar refractivity (Wildman–Crippen MR) is 73.3 cm³/mol. The minimum absolute atomic E-state index is 0.0217. The Balaban J connectivity index is 4.25. The maximum absolute atomic E-state index is 11.6. The Labute approximate surface area is 112 Å². The van der Waals surface area contributed by atoms with Gasteiger partial charge in [0.1, 0.15) is 11.8 Å². The van der Waals surface area contributed by atoms with Crippen molar-refractivity contribution in [1.82, 2.24) is 5.32 Å². The number of nitrogens with zero attached hydrogens (tertiary/aromatic N) is 2. The number of rotatable bonds is 8. The van der Waals surface area contributed by atoms with Crippen LogP contribution < -0.4 is 11.2 Å². The van der Waals surface area contributed by atoms with Crippen molar-refractivity contribution in [2.75, 3.05) is 11.5 Å². The van der Waals surface area contributed by atoms with E-state index >= 15 is 0 Å². The summed E-state index contributed by atoms with van der Waals surface area (Å²) in [4.78, 5) is 23.0. The van der Waals surface area contributed by atoms with Gasteiger partial charge in [0.15, 0.2) is 0 Å². The first-order valence-corrected chi connectivity index (χ1v) is 7.05. The highest BCUT2D eigenvalue weighted by atomic mass is 32.2. The van der Waals surface area contributed by atoms with Crippen LogP contribution in [0, 0.1) is 5.92 Å². The summed E-state index contributed by atoms with van der Waals surface area (Å²) in [5.41, 5.74) is 0. The highest BCUT2D eigenvalue weighted by Crippen LogP contribution is 2.09. The monoisotopic (exact) mass is 274 g/mol. The molecule has 0 bridgehead atoms. The van der Waals surface area contributed by atoms with E-state index in [1.807, 2.05) is 27.7 Å². The second kappa shape index (κ2) is 9.04. The van der Waals surface area contributed by atoms with Crippen LogP contribution in [0.25, 0.3) is 0 Å². The molecule has 0 rings (SSSR count). The van der Waals surface area contributed by atoms with Crippen LogP contribution >= 0.6 is 11.8 Å². The smallest absolute Gasteiger partial charge is 0.284 e.